The number of sulfonamides is 1. The minimum absolute atomic E-state index is 0.0892. The zero-order chi connectivity index (χ0) is 21.7. The minimum Gasteiger partial charge on any atom is -0.497 e. The Morgan fingerprint density at radius 3 is 2.03 bits per heavy atom. The monoisotopic (exact) mass is 433 g/mol. The number of ether oxygens (including phenoxy) is 2. The van der Waals surface area contributed by atoms with E-state index in [0.717, 1.165) is 5.56 Å². The molecule has 156 valence electrons. The van der Waals surface area contributed by atoms with Crippen molar-refractivity contribution < 1.29 is 17.9 Å². The molecule has 0 bridgehead atoms. The quantitative estimate of drug-likeness (QED) is 0.453. The first kappa shape index (κ1) is 20.4. The Hall–Kier alpha value is -3.91. The van der Waals surface area contributed by atoms with Crippen LogP contribution >= 0.6 is 0 Å². The van der Waals surface area contributed by atoms with Crippen LogP contribution in [0.1, 0.15) is 0 Å². The fourth-order valence-electron chi connectivity index (χ4n) is 2.82. The van der Waals surface area contributed by atoms with Crippen molar-refractivity contribution in [3.63, 3.8) is 0 Å². The van der Waals surface area contributed by atoms with Crippen LogP contribution in [0.3, 0.4) is 0 Å². The van der Waals surface area contributed by atoms with Crippen molar-refractivity contribution in [3.05, 3.63) is 91.0 Å². The SMILES string of the molecule is COc1ccc(Oc2cc(-c3ccccc3)nc(NS(=O)(=O)c3ccccc3)n2)cc1. The van der Waals surface area contributed by atoms with Crippen LogP contribution in [0.5, 0.6) is 17.4 Å². The van der Waals surface area contributed by atoms with E-state index >= 15 is 0 Å². The zero-order valence-corrected chi connectivity index (χ0v) is 17.4. The second-order valence-electron chi connectivity index (χ2n) is 6.48. The van der Waals surface area contributed by atoms with Gasteiger partial charge in [-0.05, 0) is 36.4 Å². The highest BCUT2D eigenvalue weighted by Gasteiger charge is 2.17. The topological polar surface area (TPSA) is 90.4 Å². The van der Waals surface area contributed by atoms with Crippen LogP contribution in [0.4, 0.5) is 5.95 Å². The first-order valence-corrected chi connectivity index (χ1v) is 10.9. The molecule has 0 aliphatic rings. The molecule has 0 radical (unpaired) electrons. The standard InChI is InChI=1S/C23H19N3O4S/c1-29-18-12-14-19(15-13-18)30-22-16-21(17-8-4-2-5-9-17)24-23(25-22)26-31(27,28)20-10-6-3-7-11-20/h2-16H,1H3,(H,24,25,26). The van der Waals surface area contributed by atoms with E-state index in [4.69, 9.17) is 9.47 Å². The van der Waals surface area contributed by atoms with E-state index in [0.29, 0.717) is 17.2 Å². The van der Waals surface area contributed by atoms with Gasteiger partial charge in [0.15, 0.2) is 0 Å². The summed E-state index contributed by atoms with van der Waals surface area (Å²) < 4.78 is 38.9. The highest BCUT2D eigenvalue weighted by molar-refractivity contribution is 7.92. The Kier molecular flexibility index (Phi) is 5.81. The largest absolute Gasteiger partial charge is 0.497 e. The Balaban J connectivity index is 1.71. The molecule has 1 aromatic heterocycles. The highest BCUT2D eigenvalue weighted by Crippen LogP contribution is 2.28. The average Bonchev–Trinajstić information content (AvgIpc) is 2.80. The number of benzene rings is 3. The summed E-state index contributed by atoms with van der Waals surface area (Å²) in [6.45, 7) is 0. The molecule has 0 aliphatic carbocycles. The number of nitrogens with zero attached hydrogens (tertiary/aromatic N) is 2. The van der Waals surface area contributed by atoms with E-state index in [1.54, 1.807) is 55.6 Å². The molecule has 7 nitrogen and oxygen atoms in total. The maximum atomic E-state index is 12.7. The number of aromatic nitrogens is 2. The lowest BCUT2D eigenvalue weighted by molar-refractivity contribution is 0.412. The van der Waals surface area contributed by atoms with Gasteiger partial charge >= 0.3 is 0 Å². The molecule has 0 spiro atoms. The maximum absolute atomic E-state index is 12.7. The average molecular weight is 433 g/mol. The van der Waals surface area contributed by atoms with E-state index in [2.05, 4.69) is 14.7 Å². The number of nitrogens with one attached hydrogen (secondary N) is 1. The van der Waals surface area contributed by atoms with Crippen molar-refractivity contribution in [1.82, 2.24) is 9.97 Å². The van der Waals surface area contributed by atoms with E-state index in [1.807, 2.05) is 30.3 Å². The first-order valence-electron chi connectivity index (χ1n) is 9.38. The molecule has 0 saturated carbocycles. The van der Waals surface area contributed by atoms with Gasteiger partial charge in [0.05, 0.1) is 17.7 Å². The highest BCUT2D eigenvalue weighted by atomic mass is 32.2. The van der Waals surface area contributed by atoms with Crippen LogP contribution in [0.2, 0.25) is 0 Å². The molecule has 0 fully saturated rings. The third-order valence-electron chi connectivity index (χ3n) is 4.33. The van der Waals surface area contributed by atoms with E-state index < -0.39 is 10.0 Å². The molecular formula is C23H19N3O4S. The summed E-state index contributed by atoms with van der Waals surface area (Å²) in [7, 11) is -2.28. The van der Waals surface area contributed by atoms with Crippen molar-refractivity contribution in [2.45, 2.75) is 4.90 Å². The predicted molar refractivity (Wildman–Crippen MR) is 118 cm³/mol. The Morgan fingerprint density at radius 1 is 0.774 bits per heavy atom. The van der Waals surface area contributed by atoms with Gasteiger partial charge in [-0.2, -0.15) is 4.98 Å². The first-order chi connectivity index (χ1) is 15.0. The van der Waals surface area contributed by atoms with Gasteiger partial charge in [-0.15, -0.1) is 0 Å². The fourth-order valence-corrected chi connectivity index (χ4v) is 3.79. The molecule has 4 aromatic rings. The number of anilines is 1. The van der Waals surface area contributed by atoms with Crippen LogP contribution < -0.4 is 14.2 Å². The summed E-state index contributed by atoms with van der Waals surface area (Å²) in [5.74, 6) is 1.32. The number of methoxy groups -OCH3 is 1. The molecule has 31 heavy (non-hydrogen) atoms. The van der Waals surface area contributed by atoms with Crippen LogP contribution in [-0.2, 0) is 10.0 Å². The molecule has 8 heteroatoms. The van der Waals surface area contributed by atoms with Crippen LogP contribution in [0, 0.1) is 0 Å². The van der Waals surface area contributed by atoms with E-state index in [1.165, 1.54) is 12.1 Å². The van der Waals surface area contributed by atoms with Gasteiger partial charge in [-0.1, -0.05) is 48.5 Å². The van der Waals surface area contributed by atoms with Crippen molar-refractivity contribution >= 4 is 16.0 Å². The maximum Gasteiger partial charge on any atom is 0.264 e. The number of rotatable bonds is 7. The molecule has 3 aromatic carbocycles. The molecular weight excluding hydrogens is 414 g/mol. The smallest absolute Gasteiger partial charge is 0.264 e. The summed E-state index contributed by atoms with van der Waals surface area (Å²) in [5.41, 5.74) is 1.31. The van der Waals surface area contributed by atoms with Crippen LogP contribution in [-0.4, -0.2) is 25.5 Å². The normalized spacial score (nSPS) is 11.0. The molecule has 1 N–H and O–H groups in total. The van der Waals surface area contributed by atoms with Gasteiger partial charge in [0.25, 0.3) is 10.0 Å². The molecule has 0 amide bonds. The van der Waals surface area contributed by atoms with Crippen molar-refractivity contribution in [1.29, 1.82) is 0 Å². The number of hydrogen-bond donors (Lipinski definition) is 1. The molecule has 0 atom stereocenters. The van der Waals surface area contributed by atoms with Gasteiger partial charge in [-0.25, -0.2) is 18.1 Å². The lowest BCUT2D eigenvalue weighted by Crippen LogP contribution is -2.15. The zero-order valence-electron chi connectivity index (χ0n) is 16.6. The van der Waals surface area contributed by atoms with Crippen molar-refractivity contribution in [3.8, 4) is 28.6 Å². The second-order valence-corrected chi connectivity index (χ2v) is 8.16. The van der Waals surface area contributed by atoms with Crippen LogP contribution in [0.15, 0.2) is 95.9 Å². The Morgan fingerprint density at radius 2 is 1.39 bits per heavy atom. The van der Waals surface area contributed by atoms with E-state index in [9.17, 15) is 8.42 Å². The van der Waals surface area contributed by atoms with Gasteiger partial charge in [0, 0.05) is 11.6 Å². The van der Waals surface area contributed by atoms with Gasteiger partial charge in [0.2, 0.25) is 11.8 Å². The minimum atomic E-state index is -3.86. The molecule has 4 rings (SSSR count). The summed E-state index contributed by atoms with van der Waals surface area (Å²) in [5, 5.41) is 0. The fraction of sp³-hybridized carbons (Fsp3) is 0.0435. The van der Waals surface area contributed by atoms with Crippen molar-refractivity contribution in [2.24, 2.45) is 0 Å². The molecule has 1 heterocycles. The summed E-state index contributed by atoms with van der Waals surface area (Å²) in [6.07, 6.45) is 0. The van der Waals surface area contributed by atoms with Crippen molar-refractivity contribution in [2.75, 3.05) is 11.8 Å². The third kappa shape index (κ3) is 4.99. The van der Waals surface area contributed by atoms with E-state index in [-0.39, 0.29) is 16.7 Å². The summed E-state index contributed by atoms with van der Waals surface area (Å²) >= 11 is 0. The lowest BCUT2D eigenvalue weighted by atomic mass is 10.1. The third-order valence-corrected chi connectivity index (χ3v) is 5.68. The van der Waals surface area contributed by atoms with Gasteiger partial charge < -0.3 is 9.47 Å². The Labute approximate surface area is 180 Å². The van der Waals surface area contributed by atoms with Crippen LogP contribution in [0.25, 0.3) is 11.3 Å². The summed E-state index contributed by atoms with van der Waals surface area (Å²) in [4.78, 5) is 8.75. The lowest BCUT2D eigenvalue weighted by Gasteiger charge is -2.11. The number of hydrogen-bond acceptors (Lipinski definition) is 6. The molecule has 0 aliphatic heterocycles. The Bertz CT molecular complexity index is 1260. The molecule has 0 saturated heterocycles. The predicted octanol–water partition coefficient (Wildman–Crippen LogP) is 4.75. The second kappa shape index (κ2) is 8.85. The molecule has 0 unspecified atom stereocenters. The summed E-state index contributed by atoms with van der Waals surface area (Å²) in [6, 6.07) is 26.0. The van der Waals surface area contributed by atoms with Gasteiger partial charge in [-0.3, -0.25) is 0 Å². The van der Waals surface area contributed by atoms with Gasteiger partial charge in [0.1, 0.15) is 11.5 Å².